The molecule has 0 aromatic carbocycles. The quantitative estimate of drug-likeness (QED) is 0.839. The molecule has 2 aromatic rings. The van der Waals surface area contributed by atoms with E-state index in [0.717, 1.165) is 16.4 Å². The van der Waals surface area contributed by atoms with Gasteiger partial charge in [-0.15, -0.1) is 0 Å². The maximum Gasteiger partial charge on any atom is 0.332 e. The van der Waals surface area contributed by atoms with Gasteiger partial charge in [-0.1, -0.05) is 6.42 Å². The number of ether oxygens (including phenoxy) is 1. The molecule has 0 radical (unpaired) electrons. The number of aromatic nitrogens is 4. The van der Waals surface area contributed by atoms with Gasteiger partial charge in [0.2, 0.25) is 0 Å². The van der Waals surface area contributed by atoms with Crippen LogP contribution in [0.3, 0.4) is 0 Å². The van der Waals surface area contributed by atoms with Crippen LogP contribution >= 0.6 is 0 Å². The second-order valence-electron chi connectivity index (χ2n) is 7.08. The summed E-state index contributed by atoms with van der Waals surface area (Å²) in [4.78, 5) is 28.7. The van der Waals surface area contributed by atoms with Gasteiger partial charge in [-0.3, -0.25) is 18.5 Å². The molecule has 7 heteroatoms. The minimum atomic E-state index is -0.375. The van der Waals surface area contributed by atoms with Crippen molar-refractivity contribution in [1.82, 2.24) is 18.7 Å². The van der Waals surface area contributed by atoms with Gasteiger partial charge in [0.05, 0.1) is 6.61 Å². The summed E-state index contributed by atoms with van der Waals surface area (Å²) in [7, 11) is 4.86. The van der Waals surface area contributed by atoms with Crippen LogP contribution in [0.5, 0.6) is 6.01 Å². The van der Waals surface area contributed by atoms with Crippen molar-refractivity contribution < 1.29 is 4.74 Å². The van der Waals surface area contributed by atoms with Crippen LogP contribution in [-0.2, 0) is 21.1 Å². The van der Waals surface area contributed by atoms with Gasteiger partial charge in [-0.2, -0.15) is 4.98 Å². The summed E-state index contributed by atoms with van der Waals surface area (Å²) in [6.45, 7) is 0.645. The van der Waals surface area contributed by atoms with Gasteiger partial charge in [0.25, 0.3) is 11.6 Å². The first-order chi connectivity index (χ1) is 11.0. The van der Waals surface area contributed by atoms with Gasteiger partial charge in [-0.05, 0) is 37.0 Å². The molecule has 124 valence electrons. The summed E-state index contributed by atoms with van der Waals surface area (Å²) in [6, 6.07) is 0.418. The number of hydrogen-bond acceptors (Lipinski definition) is 4. The predicted octanol–water partition coefficient (Wildman–Crippen LogP) is 0.786. The lowest BCUT2D eigenvalue weighted by molar-refractivity contribution is 0.180. The highest BCUT2D eigenvalue weighted by atomic mass is 16.5. The van der Waals surface area contributed by atoms with E-state index in [2.05, 4.69) is 4.98 Å². The molecular weight excluding hydrogens is 296 g/mol. The van der Waals surface area contributed by atoms with Crippen LogP contribution in [0.4, 0.5) is 0 Å². The van der Waals surface area contributed by atoms with Crippen molar-refractivity contribution in [3.05, 3.63) is 20.8 Å². The Balaban J connectivity index is 1.67. The fourth-order valence-corrected chi connectivity index (χ4v) is 4.39. The van der Waals surface area contributed by atoms with Crippen molar-refractivity contribution in [1.29, 1.82) is 0 Å². The number of fused-ring (bicyclic) bond motifs is 3. The van der Waals surface area contributed by atoms with Gasteiger partial charge in [0.1, 0.15) is 0 Å². The van der Waals surface area contributed by atoms with E-state index in [9.17, 15) is 9.59 Å². The van der Waals surface area contributed by atoms with Crippen molar-refractivity contribution in [3.8, 4) is 6.01 Å². The van der Waals surface area contributed by atoms with E-state index in [4.69, 9.17) is 4.74 Å². The molecule has 2 fully saturated rings. The van der Waals surface area contributed by atoms with E-state index in [1.54, 1.807) is 18.7 Å². The fraction of sp³-hybridized carbons (Fsp3) is 0.688. The Kier molecular flexibility index (Phi) is 3.14. The molecule has 7 nitrogen and oxygen atoms in total. The molecule has 3 atom stereocenters. The molecule has 2 aliphatic rings. The number of nitrogens with zero attached hydrogens (tertiary/aromatic N) is 4. The molecule has 0 aliphatic heterocycles. The van der Waals surface area contributed by atoms with Crippen molar-refractivity contribution >= 4 is 11.2 Å². The van der Waals surface area contributed by atoms with Gasteiger partial charge in [-0.25, -0.2) is 4.79 Å². The molecule has 4 rings (SSSR count). The highest BCUT2D eigenvalue weighted by molar-refractivity contribution is 5.71. The smallest absolute Gasteiger partial charge is 0.332 e. The molecular formula is C16H22N4O3. The zero-order chi connectivity index (χ0) is 16.3. The molecule has 2 saturated carbocycles. The Hall–Kier alpha value is -2.05. The van der Waals surface area contributed by atoms with E-state index >= 15 is 0 Å². The maximum atomic E-state index is 12.3. The second kappa shape index (κ2) is 4.97. The first kappa shape index (κ1) is 14.5. The van der Waals surface area contributed by atoms with E-state index in [1.807, 2.05) is 0 Å². The van der Waals surface area contributed by atoms with Crippen LogP contribution in [0.1, 0.15) is 25.7 Å². The van der Waals surface area contributed by atoms with Crippen molar-refractivity contribution in [2.24, 2.45) is 38.9 Å². The first-order valence-electron chi connectivity index (χ1n) is 8.22. The van der Waals surface area contributed by atoms with Crippen LogP contribution in [-0.4, -0.2) is 25.3 Å². The summed E-state index contributed by atoms with van der Waals surface area (Å²) in [6.07, 6.45) is 5.27. The Bertz CT molecular complexity index is 891. The Morgan fingerprint density at radius 1 is 1.09 bits per heavy atom. The van der Waals surface area contributed by atoms with Crippen molar-refractivity contribution in [2.75, 3.05) is 6.61 Å². The molecule has 2 aromatic heterocycles. The largest absolute Gasteiger partial charge is 0.464 e. The Labute approximate surface area is 133 Å². The summed E-state index contributed by atoms with van der Waals surface area (Å²) >= 11 is 0. The lowest BCUT2D eigenvalue weighted by atomic mass is 9.90. The van der Waals surface area contributed by atoms with Gasteiger partial charge >= 0.3 is 5.69 Å². The van der Waals surface area contributed by atoms with E-state index in [1.165, 1.54) is 37.3 Å². The van der Waals surface area contributed by atoms with Crippen molar-refractivity contribution in [3.63, 3.8) is 0 Å². The van der Waals surface area contributed by atoms with Gasteiger partial charge in [0.15, 0.2) is 11.2 Å². The lowest BCUT2D eigenvalue weighted by Gasteiger charge is -2.21. The van der Waals surface area contributed by atoms with E-state index < -0.39 is 0 Å². The third kappa shape index (κ3) is 2.05. The SMILES string of the molecule is Cn1c(=O)c2c(nc(OCC3CC4CCC3C4)n2C)n(C)c1=O. The maximum absolute atomic E-state index is 12.3. The van der Waals surface area contributed by atoms with Crippen LogP contribution in [0, 0.1) is 17.8 Å². The third-order valence-corrected chi connectivity index (χ3v) is 5.75. The molecule has 0 spiro atoms. The molecule has 23 heavy (non-hydrogen) atoms. The zero-order valence-corrected chi connectivity index (χ0v) is 13.8. The Morgan fingerprint density at radius 2 is 1.87 bits per heavy atom. The molecule has 0 amide bonds. The summed E-state index contributed by atoms with van der Waals surface area (Å²) in [5, 5.41) is 0. The topological polar surface area (TPSA) is 71.1 Å². The summed E-state index contributed by atoms with van der Waals surface area (Å²) < 4.78 is 10.1. The molecule has 3 unspecified atom stereocenters. The van der Waals surface area contributed by atoms with Crippen LogP contribution in [0.15, 0.2) is 9.59 Å². The average molecular weight is 318 g/mol. The molecule has 0 N–H and O–H groups in total. The highest BCUT2D eigenvalue weighted by Gasteiger charge is 2.39. The third-order valence-electron chi connectivity index (χ3n) is 5.75. The van der Waals surface area contributed by atoms with Gasteiger partial charge < -0.3 is 4.74 Å². The standard InChI is InChI=1S/C16H22N4O3/c1-18-12-13(19(2)16(22)20(3)14(12)21)17-15(18)23-8-11-7-9-4-5-10(11)6-9/h9-11H,4-8H2,1-3H3. The molecule has 0 saturated heterocycles. The monoisotopic (exact) mass is 318 g/mol. The zero-order valence-electron chi connectivity index (χ0n) is 13.8. The second-order valence-corrected chi connectivity index (χ2v) is 7.08. The van der Waals surface area contributed by atoms with Crippen LogP contribution in [0.25, 0.3) is 11.2 Å². The number of hydrogen-bond donors (Lipinski definition) is 0. The van der Waals surface area contributed by atoms with Crippen LogP contribution < -0.4 is 16.0 Å². The molecule has 2 aliphatic carbocycles. The molecule has 2 bridgehead atoms. The van der Waals surface area contributed by atoms with Crippen LogP contribution in [0.2, 0.25) is 0 Å². The normalized spacial score (nSPS) is 26.3. The lowest BCUT2D eigenvalue weighted by Crippen LogP contribution is -2.37. The fourth-order valence-electron chi connectivity index (χ4n) is 4.39. The number of aryl methyl sites for hydroxylation is 2. The summed E-state index contributed by atoms with van der Waals surface area (Å²) in [5.41, 5.74) is 0.0641. The first-order valence-corrected chi connectivity index (χ1v) is 8.22. The minimum absolute atomic E-state index is 0.340. The average Bonchev–Trinajstić information content (AvgIpc) is 3.23. The van der Waals surface area contributed by atoms with Crippen molar-refractivity contribution in [2.45, 2.75) is 25.7 Å². The highest BCUT2D eigenvalue weighted by Crippen LogP contribution is 2.48. The minimum Gasteiger partial charge on any atom is -0.464 e. The van der Waals surface area contributed by atoms with Gasteiger partial charge in [0, 0.05) is 21.1 Å². The number of imidazole rings is 1. The van der Waals surface area contributed by atoms with E-state index in [-0.39, 0.29) is 11.2 Å². The molecule has 2 heterocycles. The summed E-state index contributed by atoms with van der Waals surface area (Å²) in [5.74, 6) is 2.26. The Morgan fingerprint density at radius 3 is 2.52 bits per heavy atom. The number of rotatable bonds is 3. The van der Waals surface area contributed by atoms with E-state index in [0.29, 0.717) is 29.7 Å². The predicted molar refractivity (Wildman–Crippen MR) is 85.6 cm³/mol.